The SMILES string of the molecule is COc1ccc(NC(=O)c2nc(C)oc2C)cc1F. The maximum absolute atomic E-state index is 13.5. The quantitative estimate of drug-likeness (QED) is 0.925. The first kappa shape index (κ1) is 13.1. The number of hydrogen-bond donors (Lipinski definition) is 1. The monoisotopic (exact) mass is 264 g/mol. The molecule has 2 rings (SSSR count). The number of aromatic nitrogens is 1. The first-order valence-corrected chi connectivity index (χ1v) is 5.60. The van der Waals surface area contributed by atoms with Gasteiger partial charge in [0.15, 0.2) is 23.2 Å². The van der Waals surface area contributed by atoms with Crippen molar-refractivity contribution in [3.63, 3.8) is 0 Å². The summed E-state index contributed by atoms with van der Waals surface area (Å²) in [5, 5.41) is 2.55. The maximum Gasteiger partial charge on any atom is 0.277 e. The molecular weight excluding hydrogens is 251 g/mol. The fraction of sp³-hybridized carbons (Fsp3) is 0.231. The first-order chi connectivity index (χ1) is 9.01. The van der Waals surface area contributed by atoms with E-state index in [0.717, 1.165) is 0 Å². The lowest BCUT2D eigenvalue weighted by Gasteiger charge is -2.06. The smallest absolute Gasteiger partial charge is 0.277 e. The Morgan fingerprint density at radius 2 is 2.16 bits per heavy atom. The van der Waals surface area contributed by atoms with Crippen molar-refractivity contribution in [2.45, 2.75) is 13.8 Å². The van der Waals surface area contributed by atoms with Gasteiger partial charge in [-0.15, -0.1) is 0 Å². The van der Waals surface area contributed by atoms with Gasteiger partial charge in [0.05, 0.1) is 7.11 Å². The predicted octanol–water partition coefficient (Wildman–Crippen LogP) is 2.69. The number of benzene rings is 1. The van der Waals surface area contributed by atoms with Crippen molar-refractivity contribution in [2.75, 3.05) is 12.4 Å². The number of amides is 1. The van der Waals surface area contributed by atoms with E-state index in [0.29, 0.717) is 17.3 Å². The average molecular weight is 264 g/mol. The summed E-state index contributed by atoms with van der Waals surface area (Å²) in [6.45, 7) is 3.29. The zero-order chi connectivity index (χ0) is 14.0. The minimum absolute atomic E-state index is 0.117. The summed E-state index contributed by atoms with van der Waals surface area (Å²) in [7, 11) is 1.37. The zero-order valence-electron chi connectivity index (χ0n) is 10.8. The van der Waals surface area contributed by atoms with Crippen molar-refractivity contribution in [2.24, 2.45) is 0 Å². The van der Waals surface area contributed by atoms with Crippen LogP contribution in [-0.2, 0) is 0 Å². The van der Waals surface area contributed by atoms with Gasteiger partial charge in [0.25, 0.3) is 5.91 Å². The molecule has 0 spiro atoms. The van der Waals surface area contributed by atoms with Crippen LogP contribution in [0.25, 0.3) is 0 Å². The minimum Gasteiger partial charge on any atom is -0.494 e. The van der Waals surface area contributed by atoms with Gasteiger partial charge in [0.2, 0.25) is 0 Å². The van der Waals surface area contributed by atoms with E-state index >= 15 is 0 Å². The third-order valence-electron chi connectivity index (χ3n) is 2.53. The number of carbonyl (C=O) groups is 1. The number of oxazole rings is 1. The molecule has 0 bridgehead atoms. The summed E-state index contributed by atoms with van der Waals surface area (Å²) in [5.74, 6) is -0.0497. The number of ether oxygens (including phenoxy) is 1. The molecule has 0 aliphatic carbocycles. The van der Waals surface area contributed by atoms with Crippen molar-refractivity contribution >= 4 is 11.6 Å². The van der Waals surface area contributed by atoms with Crippen LogP contribution in [0.5, 0.6) is 5.75 Å². The van der Waals surface area contributed by atoms with Gasteiger partial charge < -0.3 is 14.5 Å². The molecule has 0 saturated heterocycles. The van der Waals surface area contributed by atoms with E-state index in [-0.39, 0.29) is 11.4 Å². The highest BCUT2D eigenvalue weighted by molar-refractivity contribution is 6.03. The van der Waals surface area contributed by atoms with Crippen LogP contribution in [0.3, 0.4) is 0 Å². The normalized spacial score (nSPS) is 10.3. The lowest BCUT2D eigenvalue weighted by molar-refractivity contribution is 0.102. The fourth-order valence-electron chi connectivity index (χ4n) is 1.67. The summed E-state index contributed by atoms with van der Waals surface area (Å²) in [6.07, 6.45) is 0. The molecule has 0 saturated carbocycles. The summed E-state index contributed by atoms with van der Waals surface area (Å²) < 4.78 is 23.4. The van der Waals surface area contributed by atoms with E-state index in [2.05, 4.69) is 10.3 Å². The van der Waals surface area contributed by atoms with Gasteiger partial charge in [-0.3, -0.25) is 4.79 Å². The molecule has 0 unspecified atom stereocenters. The number of nitrogens with one attached hydrogen (secondary N) is 1. The van der Waals surface area contributed by atoms with Gasteiger partial charge in [0, 0.05) is 18.7 Å². The van der Waals surface area contributed by atoms with E-state index in [1.807, 2.05) is 0 Å². The summed E-state index contributed by atoms with van der Waals surface area (Å²) >= 11 is 0. The number of halogens is 1. The van der Waals surface area contributed by atoms with E-state index in [1.54, 1.807) is 19.9 Å². The van der Waals surface area contributed by atoms with Gasteiger partial charge in [-0.1, -0.05) is 0 Å². The largest absolute Gasteiger partial charge is 0.494 e. The standard InChI is InChI=1S/C13H13FN2O3/c1-7-12(15-8(2)19-7)13(17)16-9-4-5-11(18-3)10(14)6-9/h4-6H,1-3H3,(H,16,17). The molecule has 1 heterocycles. The van der Waals surface area contributed by atoms with Gasteiger partial charge in [-0.25, -0.2) is 9.37 Å². The molecule has 1 N–H and O–H groups in total. The van der Waals surface area contributed by atoms with Crippen LogP contribution in [0.2, 0.25) is 0 Å². The second-order valence-corrected chi connectivity index (χ2v) is 3.94. The summed E-state index contributed by atoms with van der Waals surface area (Å²) in [5.41, 5.74) is 0.511. The van der Waals surface area contributed by atoms with Crippen LogP contribution < -0.4 is 10.1 Å². The molecule has 1 aromatic heterocycles. The molecule has 0 aliphatic rings. The molecule has 6 heteroatoms. The Bertz CT molecular complexity index is 622. The van der Waals surface area contributed by atoms with Crippen LogP contribution in [0.15, 0.2) is 22.6 Å². The molecule has 19 heavy (non-hydrogen) atoms. The number of hydrogen-bond acceptors (Lipinski definition) is 4. The van der Waals surface area contributed by atoms with Gasteiger partial charge in [0.1, 0.15) is 5.76 Å². The Labute approximate surface area is 109 Å². The zero-order valence-corrected chi connectivity index (χ0v) is 10.8. The summed E-state index contributed by atoms with van der Waals surface area (Å²) in [4.78, 5) is 15.9. The van der Waals surface area contributed by atoms with Gasteiger partial charge in [-0.2, -0.15) is 0 Å². The Kier molecular flexibility index (Phi) is 3.50. The van der Waals surface area contributed by atoms with Crippen LogP contribution >= 0.6 is 0 Å². The van der Waals surface area contributed by atoms with E-state index in [1.165, 1.54) is 19.2 Å². The molecule has 0 aliphatic heterocycles. The predicted molar refractivity (Wildman–Crippen MR) is 66.9 cm³/mol. The van der Waals surface area contributed by atoms with Gasteiger partial charge in [-0.05, 0) is 19.1 Å². The lowest BCUT2D eigenvalue weighted by Crippen LogP contribution is -2.13. The third kappa shape index (κ3) is 2.73. The Morgan fingerprint density at radius 3 is 2.68 bits per heavy atom. The topological polar surface area (TPSA) is 64.4 Å². The second kappa shape index (κ2) is 5.09. The number of carbonyl (C=O) groups excluding carboxylic acids is 1. The highest BCUT2D eigenvalue weighted by Gasteiger charge is 2.16. The number of aryl methyl sites for hydroxylation is 2. The highest BCUT2D eigenvalue weighted by atomic mass is 19.1. The van der Waals surface area contributed by atoms with E-state index in [9.17, 15) is 9.18 Å². The first-order valence-electron chi connectivity index (χ1n) is 5.60. The molecule has 100 valence electrons. The maximum atomic E-state index is 13.5. The number of methoxy groups -OCH3 is 1. The van der Waals surface area contributed by atoms with Crippen molar-refractivity contribution in [1.82, 2.24) is 4.98 Å². The van der Waals surface area contributed by atoms with E-state index < -0.39 is 11.7 Å². The van der Waals surface area contributed by atoms with Crippen molar-refractivity contribution in [3.8, 4) is 5.75 Å². The lowest BCUT2D eigenvalue weighted by atomic mass is 10.2. The number of anilines is 1. The number of nitrogens with zero attached hydrogens (tertiary/aromatic N) is 1. The summed E-state index contributed by atoms with van der Waals surface area (Å²) in [6, 6.07) is 4.16. The van der Waals surface area contributed by atoms with Crippen molar-refractivity contribution < 1.29 is 18.3 Å². The molecule has 0 fully saturated rings. The second-order valence-electron chi connectivity index (χ2n) is 3.94. The Hall–Kier alpha value is -2.37. The van der Waals surface area contributed by atoms with Crippen LogP contribution in [0.1, 0.15) is 22.1 Å². The molecule has 1 amide bonds. The minimum atomic E-state index is -0.548. The Morgan fingerprint density at radius 1 is 1.42 bits per heavy atom. The highest BCUT2D eigenvalue weighted by Crippen LogP contribution is 2.21. The average Bonchev–Trinajstić information content (AvgIpc) is 2.69. The molecule has 0 atom stereocenters. The molecular formula is C13H13FN2O3. The third-order valence-corrected chi connectivity index (χ3v) is 2.53. The molecule has 1 aromatic carbocycles. The van der Waals surface area contributed by atoms with Crippen molar-refractivity contribution in [3.05, 3.63) is 41.4 Å². The number of rotatable bonds is 3. The van der Waals surface area contributed by atoms with Crippen LogP contribution in [0.4, 0.5) is 10.1 Å². The fourth-order valence-corrected chi connectivity index (χ4v) is 1.67. The van der Waals surface area contributed by atoms with Crippen LogP contribution in [-0.4, -0.2) is 18.0 Å². The Balaban J connectivity index is 2.19. The molecule has 0 radical (unpaired) electrons. The van der Waals surface area contributed by atoms with Gasteiger partial charge >= 0.3 is 0 Å². The molecule has 2 aromatic rings. The molecule has 5 nitrogen and oxygen atoms in total. The van der Waals surface area contributed by atoms with Crippen LogP contribution in [0, 0.1) is 19.7 Å². The van der Waals surface area contributed by atoms with Crippen molar-refractivity contribution in [1.29, 1.82) is 0 Å². The van der Waals surface area contributed by atoms with E-state index in [4.69, 9.17) is 9.15 Å².